The van der Waals surface area contributed by atoms with E-state index in [0.29, 0.717) is 16.9 Å². The number of aromatic nitrogens is 1. The van der Waals surface area contributed by atoms with Crippen LogP contribution in [0.4, 0.5) is 0 Å². The number of sulfonamides is 1. The monoisotopic (exact) mass is 338 g/mol. The second-order valence-electron chi connectivity index (χ2n) is 4.17. The van der Waals surface area contributed by atoms with Crippen molar-refractivity contribution in [2.45, 2.75) is 17.7 Å². The van der Waals surface area contributed by atoms with Crippen LogP contribution in [0.25, 0.3) is 0 Å². The van der Waals surface area contributed by atoms with Crippen LogP contribution in [0.2, 0.25) is 5.15 Å². The minimum atomic E-state index is -3.54. The molecule has 94 valence electrons. The Morgan fingerprint density at radius 3 is 2.82 bits per heavy atom. The molecule has 1 heterocycles. The number of rotatable bonds is 4. The van der Waals surface area contributed by atoms with Crippen LogP contribution < -0.4 is 0 Å². The maximum absolute atomic E-state index is 12.2. The highest BCUT2D eigenvalue weighted by Gasteiger charge is 2.30. The number of halogens is 2. The topological polar surface area (TPSA) is 50.3 Å². The van der Waals surface area contributed by atoms with Crippen LogP contribution >= 0.6 is 27.5 Å². The molecule has 0 unspecified atom stereocenters. The van der Waals surface area contributed by atoms with Gasteiger partial charge in [-0.1, -0.05) is 11.6 Å². The quantitative estimate of drug-likeness (QED) is 0.792. The van der Waals surface area contributed by atoms with Gasteiger partial charge in [0.2, 0.25) is 10.0 Å². The van der Waals surface area contributed by atoms with Gasteiger partial charge in [-0.05, 0) is 40.8 Å². The molecule has 1 fully saturated rings. The molecule has 0 atom stereocenters. The third-order valence-electron chi connectivity index (χ3n) is 2.67. The zero-order chi connectivity index (χ0) is 12.6. The van der Waals surface area contributed by atoms with Crippen molar-refractivity contribution >= 4 is 37.6 Å². The number of pyridine rings is 1. The van der Waals surface area contributed by atoms with Gasteiger partial charge in [0, 0.05) is 24.3 Å². The average Bonchev–Trinajstić information content (AvgIpc) is 3.05. The summed E-state index contributed by atoms with van der Waals surface area (Å²) in [6.07, 6.45) is 3.68. The first-order valence-electron chi connectivity index (χ1n) is 5.18. The largest absolute Gasteiger partial charge is 0.245 e. The van der Waals surface area contributed by atoms with Crippen LogP contribution in [-0.4, -0.2) is 31.3 Å². The van der Waals surface area contributed by atoms with Gasteiger partial charge in [-0.15, -0.1) is 0 Å². The summed E-state index contributed by atoms with van der Waals surface area (Å²) in [5.74, 6) is 0.494. The van der Waals surface area contributed by atoms with E-state index >= 15 is 0 Å². The molecule has 1 aliphatic carbocycles. The average molecular weight is 340 g/mol. The zero-order valence-corrected chi connectivity index (χ0v) is 12.4. The van der Waals surface area contributed by atoms with Crippen molar-refractivity contribution in [3.05, 3.63) is 21.9 Å². The molecule has 0 saturated heterocycles. The molecule has 17 heavy (non-hydrogen) atoms. The molecule has 0 aliphatic heterocycles. The third-order valence-corrected chi connectivity index (χ3v) is 5.36. The Balaban J connectivity index is 2.32. The molecule has 0 aromatic carbocycles. The Kier molecular flexibility index (Phi) is 3.77. The first kappa shape index (κ1) is 13.3. The van der Waals surface area contributed by atoms with Gasteiger partial charge >= 0.3 is 0 Å². The second-order valence-corrected chi connectivity index (χ2v) is 7.46. The van der Waals surface area contributed by atoms with Gasteiger partial charge in [0.25, 0.3) is 0 Å². The van der Waals surface area contributed by atoms with Crippen molar-refractivity contribution in [3.63, 3.8) is 0 Å². The van der Waals surface area contributed by atoms with Gasteiger partial charge in [0.1, 0.15) is 10.0 Å². The normalized spacial score (nSPS) is 16.5. The number of hydrogen-bond acceptors (Lipinski definition) is 3. The zero-order valence-electron chi connectivity index (χ0n) is 9.23. The molecule has 1 saturated carbocycles. The van der Waals surface area contributed by atoms with Gasteiger partial charge < -0.3 is 0 Å². The van der Waals surface area contributed by atoms with E-state index in [2.05, 4.69) is 20.9 Å². The molecule has 7 heteroatoms. The third kappa shape index (κ3) is 2.99. The molecule has 0 radical (unpaired) electrons. The lowest BCUT2D eigenvalue weighted by atomic mass is 10.4. The minimum Gasteiger partial charge on any atom is -0.242 e. The fourth-order valence-corrected chi connectivity index (χ4v) is 3.68. The van der Waals surface area contributed by atoms with Crippen molar-refractivity contribution in [2.75, 3.05) is 13.6 Å². The van der Waals surface area contributed by atoms with Crippen molar-refractivity contribution in [1.82, 2.24) is 9.29 Å². The SMILES string of the molecule is CN(CC1CC1)S(=O)(=O)c1cc(Br)cnc1Cl. The van der Waals surface area contributed by atoms with E-state index < -0.39 is 10.0 Å². The van der Waals surface area contributed by atoms with Crippen LogP contribution in [-0.2, 0) is 10.0 Å². The van der Waals surface area contributed by atoms with E-state index in [1.54, 1.807) is 7.05 Å². The number of nitrogens with zero attached hydrogens (tertiary/aromatic N) is 2. The summed E-state index contributed by atoms with van der Waals surface area (Å²) in [4.78, 5) is 3.89. The Labute approximate surface area is 114 Å². The Morgan fingerprint density at radius 2 is 2.24 bits per heavy atom. The summed E-state index contributed by atoms with van der Waals surface area (Å²) in [5, 5.41) is 0.0100. The van der Waals surface area contributed by atoms with Crippen LogP contribution in [0.1, 0.15) is 12.8 Å². The van der Waals surface area contributed by atoms with Crippen LogP contribution in [0.3, 0.4) is 0 Å². The van der Waals surface area contributed by atoms with E-state index in [1.165, 1.54) is 16.6 Å². The Bertz CT molecular complexity index is 531. The van der Waals surface area contributed by atoms with Crippen LogP contribution in [0.5, 0.6) is 0 Å². The fraction of sp³-hybridized carbons (Fsp3) is 0.500. The van der Waals surface area contributed by atoms with Gasteiger partial charge in [0.05, 0.1) is 0 Å². The fourth-order valence-electron chi connectivity index (χ4n) is 1.51. The molecule has 1 aromatic heterocycles. The Morgan fingerprint density at radius 1 is 1.59 bits per heavy atom. The van der Waals surface area contributed by atoms with Crippen LogP contribution in [0, 0.1) is 5.92 Å². The molecular weight excluding hydrogens is 328 g/mol. The molecule has 0 N–H and O–H groups in total. The summed E-state index contributed by atoms with van der Waals surface area (Å²) in [7, 11) is -1.96. The van der Waals surface area contributed by atoms with Gasteiger partial charge in [-0.2, -0.15) is 0 Å². The predicted octanol–water partition coefficient (Wildman–Crippen LogP) is 2.53. The van der Waals surface area contributed by atoms with Crippen molar-refractivity contribution in [2.24, 2.45) is 5.92 Å². The summed E-state index contributed by atoms with van der Waals surface area (Å²) in [6, 6.07) is 1.48. The predicted molar refractivity (Wildman–Crippen MR) is 69.5 cm³/mol. The highest BCUT2D eigenvalue weighted by molar-refractivity contribution is 9.10. The summed E-state index contributed by atoms with van der Waals surface area (Å²) in [6.45, 7) is 0.547. The lowest BCUT2D eigenvalue weighted by molar-refractivity contribution is 0.452. The van der Waals surface area contributed by atoms with E-state index in [4.69, 9.17) is 11.6 Å². The van der Waals surface area contributed by atoms with Crippen molar-refractivity contribution in [3.8, 4) is 0 Å². The van der Waals surface area contributed by atoms with E-state index in [-0.39, 0.29) is 10.0 Å². The van der Waals surface area contributed by atoms with Gasteiger partial charge in [-0.3, -0.25) is 0 Å². The first-order valence-corrected chi connectivity index (χ1v) is 7.80. The smallest absolute Gasteiger partial charge is 0.242 e. The minimum absolute atomic E-state index is 0.0100. The molecular formula is C10H12BrClN2O2S. The number of hydrogen-bond donors (Lipinski definition) is 0. The maximum atomic E-state index is 12.2. The first-order chi connectivity index (χ1) is 7.91. The molecule has 1 aromatic rings. The highest BCUT2D eigenvalue weighted by atomic mass is 79.9. The van der Waals surface area contributed by atoms with E-state index in [9.17, 15) is 8.42 Å². The van der Waals surface area contributed by atoms with Gasteiger partial charge in [0.15, 0.2) is 0 Å². The molecule has 0 amide bonds. The van der Waals surface area contributed by atoms with Crippen molar-refractivity contribution in [1.29, 1.82) is 0 Å². The molecule has 0 spiro atoms. The molecule has 1 aliphatic rings. The summed E-state index contributed by atoms with van der Waals surface area (Å²) in [5.41, 5.74) is 0. The van der Waals surface area contributed by atoms with Crippen LogP contribution in [0.15, 0.2) is 21.6 Å². The molecule has 2 rings (SSSR count). The lowest BCUT2D eigenvalue weighted by Crippen LogP contribution is -2.29. The standard InChI is InChI=1S/C10H12BrClN2O2S/c1-14(6-7-2-3-7)17(15,16)9-4-8(11)5-13-10(9)12/h4-5,7H,2-3,6H2,1H3. The second kappa shape index (κ2) is 4.84. The lowest BCUT2D eigenvalue weighted by Gasteiger charge is -2.17. The van der Waals surface area contributed by atoms with Crippen molar-refractivity contribution < 1.29 is 8.42 Å². The van der Waals surface area contributed by atoms with E-state index in [0.717, 1.165) is 12.8 Å². The Hall–Kier alpha value is -0.170. The highest BCUT2D eigenvalue weighted by Crippen LogP contribution is 2.32. The van der Waals surface area contributed by atoms with E-state index in [1.807, 2.05) is 0 Å². The molecule has 0 bridgehead atoms. The van der Waals surface area contributed by atoms with Gasteiger partial charge in [-0.25, -0.2) is 17.7 Å². The summed E-state index contributed by atoms with van der Waals surface area (Å²) < 4.78 is 26.4. The summed E-state index contributed by atoms with van der Waals surface area (Å²) >= 11 is 9.04. The molecule has 4 nitrogen and oxygen atoms in total. The maximum Gasteiger partial charge on any atom is 0.245 e.